The summed E-state index contributed by atoms with van der Waals surface area (Å²) in [5.41, 5.74) is 8.59. The molecule has 2 aromatic rings. The number of β-lactam (4-membered cyclic amide) rings is 1. The fourth-order valence-electron chi connectivity index (χ4n) is 3.42. The molecule has 0 bridgehead atoms. The molecule has 1 saturated heterocycles. The third-order valence-corrected chi connectivity index (χ3v) is 6.42. The maximum atomic E-state index is 13.2. The summed E-state index contributed by atoms with van der Waals surface area (Å²) < 4.78 is 5.93. The minimum Gasteiger partial charge on any atom is -0.448 e. The van der Waals surface area contributed by atoms with E-state index in [1.54, 1.807) is 0 Å². The molecule has 5 nitrogen and oxygen atoms in total. The number of fused-ring (bicyclic) bond motifs is 1. The largest absolute Gasteiger partial charge is 0.448 e. The summed E-state index contributed by atoms with van der Waals surface area (Å²) in [6.07, 6.45) is -0.231. The number of benzene rings is 2. The van der Waals surface area contributed by atoms with Crippen molar-refractivity contribution in [3.05, 3.63) is 83.1 Å². The van der Waals surface area contributed by atoms with Crippen molar-refractivity contribution in [1.29, 1.82) is 0 Å². The molecular formula is C21H19ClN2O3S. The Morgan fingerprint density at radius 2 is 1.71 bits per heavy atom. The maximum absolute atomic E-state index is 13.2. The summed E-state index contributed by atoms with van der Waals surface area (Å²) >= 11 is 7.51. The maximum Gasteiger partial charge on any atom is 0.356 e. The molecule has 7 heteroatoms. The van der Waals surface area contributed by atoms with Crippen LogP contribution in [0.5, 0.6) is 0 Å². The number of thioether (sulfide) groups is 1. The summed E-state index contributed by atoms with van der Waals surface area (Å²) in [6.45, 7) is 0. The van der Waals surface area contributed by atoms with Gasteiger partial charge < -0.3 is 10.5 Å². The Hall–Kier alpha value is -2.28. The van der Waals surface area contributed by atoms with Crippen LogP contribution < -0.4 is 5.73 Å². The summed E-state index contributed by atoms with van der Waals surface area (Å²) in [7, 11) is 0. The second-order valence-corrected chi connectivity index (χ2v) is 8.18. The molecule has 2 aliphatic heterocycles. The van der Waals surface area contributed by atoms with Gasteiger partial charge in [0.2, 0.25) is 5.91 Å². The molecule has 1 fully saturated rings. The van der Waals surface area contributed by atoms with Gasteiger partial charge in [0.05, 0.1) is 17.2 Å². The fraction of sp³-hybridized carbons (Fsp3) is 0.238. The van der Waals surface area contributed by atoms with E-state index in [0.717, 1.165) is 11.1 Å². The highest BCUT2D eigenvalue weighted by Crippen LogP contribution is 2.43. The normalized spacial score (nSPS) is 21.4. The van der Waals surface area contributed by atoms with Gasteiger partial charge in [-0.15, -0.1) is 23.4 Å². The highest BCUT2D eigenvalue weighted by molar-refractivity contribution is 8.00. The number of carbonyl (C=O) groups is 2. The van der Waals surface area contributed by atoms with Crippen molar-refractivity contribution >= 4 is 35.2 Å². The Kier molecular flexibility index (Phi) is 5.44. The van der Waals surface area contributed by atoms with Crippen LogP contribution in [0.25, 0.3) is 0 Å². The molecule has 2 heterocycles. The van der Waals surface area contributed by atoms with E-state index in [1.165, 1.54) is 16.7 Å². The van der Waals surface area contributed by atoms with Gasteiger partial charge in [-0.05, 0) is 11.1 Å². The number of hydrogen-bond acceptors (Lipinski definition) is 5. The molecule has 144 valence electrons. The molecule has 28 heavy (non-hydrogen) atoms. The minimum atomic E-state index is -0.598. The monoisotopic (exact) mass is 414 g/mol. The van der Waals surface area contributed by atoms with Crippen molar-refractivity contribution in [1.82, 2.24) is 4.90 Å². The van der Waals surface area contributed by atoms with E-state index in [9.17, 15) is 9.59 Å². The van der Waals surface area contributed by atoms with Gasteiger partial charge in [-0.2, -0.15) is 0 Å². The Bertz CT molecular complexity index is 880. The molecule has 2 atom stereocenters. The number of rotatable bonds is 5. The Morgan fingerprint density at radius 1 is 1.14 bits per heavy atom. The van der Waals surface area contributed by atoms with E-state index in [-0.39, 0.29) is 22.9 Å². The van der Waals surface area contributed by atoms with Crippen molar-refractivity contribution in [2.45, 2.75) is 23.3 Å². The van der Waals surface area contributed by atoms with Crippen LogP contribution in [-0.4, -0.2) is 33.4 Å². The predicted molar refractivity (Wildman–Crippen MR) is 109 cm³/mol. The predicted octanol–water partition coefficient (Wildman–Crippen LogP) is 3.40. The first kappa shape index (κ1) is 19.1. The number of nitrogens with two attached hydrogens (primary N) is 1. The van der Waals surface area contributed by atoms with Crippen molar-refractivity contribution in [2.24, 2.45) is 5.73 Å². The molecule has 2 aliphatic rings. The van der Waals surface area contributed by atoms with E-state index in [1.807, 2.05) is 60.7 Å². The van der Waals surface area contributed by atoms with Crippen LogP contribution in [0.1, 0.15) is 23.7 Å². The number of nitrogens with zero attached hydrogens (tertiary/aromatic N) is 1. The zero-order valence-electron chi connectivity index (χ0n) is 15.0. The molecule has 0 spiro atoms. The second-order valence-electron chi connectivity index (χ2n) is 6.59. The summed E-state index contributed by atoms with van der Waals surface area (Å²) in [5, 5.41) is -0.565. The molecule has 2 N–H and O–H groups in total. The molecule has 1 unspecified atom stereocenters. The van der Waals surface area contributed by atoms with Gasteiger partial charge in [-0.25, -0.2) is 4.79 Å². The van der Waals surface area contributed by atoms with Gasteiger partial charge in [0, 0.05) is 11.5 Å². The third kappa shape index (κ3) is 3.43. The van der Waals surface area contributed by atoms with Crippen molar-refractivity contribution in [2.75, 3.05) is 5.88 Å². The SMILES string of the molecule is NC1S[C@@H]2CC(=O)N2C(C(=O)OC(c2ccccc2)c2ccccc2)=C1CCl. The average molecular weight is 415 g/mol. The molecule has 0 aromatic heterocycles. The number of hydrogen-bond donors (Lipinski definition) is 1. The summed E-state index contributed by atoms with van der Waals surface area (Å²) in [5.74, 6) is -0.631. The number of esters is 1. The number of amides is 1. The van der Waals surface area contributed by atoms with Crippen LogP contribution in [0.3, 0.4) is 0 Å². The number of alkyl halides is 1. The highest BCUT2D eigenvalue weighted by atomic mass is 35.5. The Morgan fingerprint density at radius 3 is 2.21 bits per heavy atom. The lowest BCUT2D eigenvalue weighted by molar-refractivity contribution is -0.151. The number of carbonyl (C=O) groups excluding carboxylic acids is 2. The zero-order valence-corrected chi connectivity index (χ0v) is 16.5. The van der Waals surface area contributed by atoms with Crippen LogP contribution >= 0.6 is 23.4 Å². The van der Waals surface area contributed by atoms with Crippen molar-refractivity contribution in [3.63, 3.8) is 0 Å². The first-order chi connectivity index (χ1) is 13.6. The molecule has 0 radical (unpaired) electrons. The van der Waals surface area contributed by atoms with E-state index >= 15 is 0 Å². The van der Waals surface area contributed by atoms with Crippen LogP contribution in [0.4, 0.5) is 0 Å². The summed E-state index contributed by atoms with van der Waals surface area (Å²) in [6, 6.07) is 19.0. The second kappa shape index (κ2) is 7.99. The standard InChI is InChI=1S/C21H19ClN2O3S/c22-12-15-18(24-16(25)11-17(24)28-20(15)23)21(26)27-19(13-7-3-1-4-8-13)14-9-5-2-6-10-14/h1-10,17,19-20H,11-12,23H2/t17-,20?/m1/s1. The topological polar surface area (TPSA) is 72.6 Å². The lowest BCUT2D eigenvalue weighted by Crippen LogP contribution is -2.56. The quantitative estimate of drug-likeness (QED) is 0.461. The number of halogens is 1. The van der Waals surface area contributed by atoms with Gasteiger partial charge >= 0.3 is 5.97 Å². The number of ether oxygens (including phenoxy) is 1. The van der Waals surface area contributed by atoms with Gasteiger partial charge in [0.1, 0.15) is 5.70 Å². The van der Waals surface area contributed by atoms with Crippen LogP contribution in [-0.2, 0) is 14.3 Å². The lowest BCUT2D eigenvalue weighted by Gasteiger charge is -2.46. The first-order valence-corrected chi connectivity index (χ1v) is 10.4. The van der Waals surface area contributed by atoms with Gasteiger partial charge in [0.25, 0.3) is 0 Å². The van der Waals surface area contributed by atoms with Crippen LogP contribution in [0.2, 0.25) is 0 Å². The van der Waals surface area contributed by atoms with Gasteiger partial charge in [-0.3, -0.25) is 9.69 Å². The smallest absolute Gasteiger partial charge is 0.356 e. The fourth-order valence-corrected chi connectivity index (χ4v) is 5.09. The minimum absolute atomic E-state index is 0.0659. The Labute approximate surface area is 172 Å². The molecule has 2 aromatic carbocycles. The van der Waals surface area contributed by atoms with E-state index in [4.69, 9.17) is 22.1 Å². The van der Waals surface area contributed by atoms with Crippen molar-refractivity contribution in [3.8, 4) is 0 Å². The average Bonchev–Trinajstić information content (AvgIpc) is 2.72. The zero-order chi connectivity index (χ0) is 19.7. The summed E-state index contributed by atoms with van der Waals surface area (Å²) in [4.78, 5) is 26.8. The molecule has 0 aliphatic carbocycles. The Balaban J connectivity index is 1.70. The van der Waals surface area contributed by atoms with E-state index < -0.39 is 17.4 Å². The van der Waals surface area contributed by atoms with Crippen LogP contribution in [0, 0.1) is 0 Å². The van der Waals surface area contributed by atoms with Gasteiger partial charge in [-0.1, -0.05) is 60.7 Å². The first-order valence-electron chi connectivity index (χ1n) is 8.93. The lowest BCUT2D eigenvalue weighted by atomic mass is 10.0. The highest BCUT2D eigenvalue weighted by Gasteiger charge is 2.48. The molecule has 0 saturated carbocycles. The molecule has 1 amide bonds. The van der Waals surface area contributed by atoms with Crippen molar-refractivity contribution < 1.29 is 14.3 Å². The van der Waals surface area contributed by atoms with Gasteiger partial charge in [0.15, 0.2) is 6.10 Å². The van der Waals surface area contributed by atoms with E-state index in [0.29, 0.717) is 12.0 Å². The molecular weight excluding hydrogens is 396 g/mol. The van der Waals surface area contributed by atoms with E-state index in [2.05, 4.69) is 0 Å². The molecule has 4 rings (SSSR count). The van der Waals surface area contributed by atoms with Crippen LogP contribution in [0.15, 0.2) is 71.9 Å². The third-order valence-electron chi connectivity index (χ3n) is 4.86.